The van der Waals surface area contributed by atoms with Crippen LogP contribution in [0.3, 0.4) is 0 Å². The van der Waals surface area contributed by atoms with Crippen molar-refractivity contribution in [3.8, 4) is 0 Å². The zero-order valence-corrected chi connectivity index (χ0v) is 12.0. The van der Waals surface area contributed by atoms with Gasteiger partial charge in [0.25, 0.3) is 0 Å². The predicted octanol–water partition coefficient (Wildman–Crippen LogP) is 3.59. The van der Waals surface area contributed by atoms with Crippen LogP contribution in [0.25, 0.3) is 0 Å². The van der Waals surface area contributed by atoms with E-state index < -0.39 is 11.4 Å². The predicted molar refractivity (Wildman–Crippen MR) is 70.9 cm³/mol. The van der Waals surface area contributed by atoms with Crippen LogP contribution in [0.2, 0.25) is 5.02 Å². The maximum absolute atomic E-state index is 13.6. The standard InChI is InChI=1S/C12H17ClFNOS/c1-8(15-17(16)12(2,3)4)10-7-9(13)5-6-11(10)14/h5-8,15H,1-4H3/t8?,17-/m0/s1. The molecule has 0 aliphatic rings. The molecule has 0 fully saturated rings. The molecule has 0 saturated heterocycles. The summed E-state index contributed by atoms with van der Waals surface area (Å²) in [5.41, 5.74) is 0.426. The fourth-order valence-electron chi connectivity index (χ4n) is 1.25. The van der Waals surface area contributed by atoms with Crippen molar-refractivity contribution in [2.45, 2.75) is 38.5 Å². The molecule has 1 aromatic rings. The summed E-state index contributed by atoms with van der Waals surface area (Å²) in [4.78, 5) is 0. The van der Waals surface area contributed by atoms with E-state index in [0.29, 0.717) is 10.6 Å². The molecule has 96 valence electrons. The Balaban J connectivity index is 2.83. The third kappa shape index (κ3) is 4.14. The van der Waals surface area contributed by atoms with E-state index in [1.54, 1.807) is 13.0 Å². The summed E-state index contributed by atoms with van der Waals surface area (Å²) in [6.07, 6.45) is 0. The third-order valence-corrected chi connectivity index (χ3v) is 4.18. The van der Waals surface area contributed by atoms with Crippen LogP contribution in [0.1, 0.15) is 39.3 Å². The molecule has 5 heteroatoms. The van der Waals surface area contributed by atoms with E-state index >= 15 is 0 Å². The molecule has 2 atom stereocenters. The van der Waals surface area contributed by atoms with E-state index in [1.165, 1.54) is 12.1 Å². The van der Waals surface area contributed by atoms with Crippen LogP contribution < -0.4 is 4.72 Å². The van der Waals surface area contributed by atoms with Crippen molar-refractivity contribution in [3.05, 3.63) is 34.6 Å². The average Bonchev–Trinajstić information content (AvgIpc) is 2.20. The molecule has 1 rings (SSSR count). The fourth-order valence-corrected chi connectivity index (χ4v) is 2.23. The van der Waals surface area contributed by atoms with Crippen molar-refractivity contribution in [1.29, 1.82) is 0 Å². The number of hydrogen-bond acceptors (Lipinski definition) is 2. The summed E-state index contributed by atoms with van der Waals surface area (Å²) < 4.78 is 28.0. The van der Waals surface area contributed by atoms with E-state index in [-0.39, 0.29) is 16.6 Å². The largest absolute Gasteiger partial charge is 0.598 e. The fraction of sp³-hybridized carbons (Fsp3) is 0.500. The van der Waals surface area contributed by atoms with Crippen LogP contribution in [0.15, 0.2) is 18.2 Å². The lowest BCUT2D eigenvalue weighted by Gasteiger charge is -2.26. The van der Waals surface area contributed by atoms with Gasteiger partial charge < -0.3 is 4.55 Å². The van der Waals surface area contributed by atoms with Gasteiger partial charge in [-0.2, -0.15) is 0 Å². The van der Waals surface area contributed by atoms with Crippen molar-refractivity contribution >= 4 is 23.0 Å². The van der Waals surface area contributed by atoms with Crippen molar-refractivity contribution in [1.82, 2.24) is 4.72 Å². The lowest BCUT2D eigenvalue weighted by molar-refractivity contribution is 0.522. The highest BCUT2D eigenvalue weighted by Crippen LogP contribution is 2.24. The maximum Gasteiger partial charge on any atom is 0.136 e. The second kappa shape index (κ2) is 5.57. The zero-order chi connectivity index (χ0) is 13.2. The van der Waals surface area contributed by atoms with Gasteiger partial charge in [-0.05, 0) is 45.9 Å². The molecule has 2 nitrogen and oxygen atoms in total. The first-order valence-corrected chi connectivity index (χ1v) is 6.87. The van der Waals surface area contributed by atoms with Gasteiger partial charge in [-0.1, -0.05) is 11.6 Å². The Kier molecular flexibility index (Phi) is 4.84. The first kappa shape index (κ1) is 14.8. The minimum Gasteiger partial charge on any atom is -0.598 e. The number of rotatable bonds is 3. The lowest BCUT2D eigenvalue weighted by Crippen LogP contribution is -2.40. The van der Waals surface area contributed by atoms with Crippen molar-refractivity contribution in [3.63, 3.8) is 0 Å². The van der Waals surface area contributed by atoms with Crippen LogP contribution in [0.5, 0.6) is 0 Å². The Labute approximate surface area is 110 Å². The van der Waals surface area contributed by atoms with E-state index in [1.807, 2.05) is 20.8 Å². The minimum absolute atomic E-state index is 0.347. The van der Waals surface area contributed by atoms with Crippen LogP contribution in [0.4, 0.5) is 4.39 Å². The van der Waals surface area contributed by atoms with E-state index in [9.17, 15) is 8.94 Å². The molecule has 1 N–H and O–H groups in total. The Bertz CT molecular complexity index is 395. The molecule has 1 aromatic carbocycles. The summed E-state index contributed by atoms with van der Waals surface area (Å²) in [7, 11) is 0. The number of benzene rings is 1. The van der Waals surface area contributed by atoms with Crippen molar-refractivity contribution in [2.24, 2.45) is 0 Å². The van der Waals surface area contributed by atoms with Gasteiger partial charge in [0.1, 0.15) is 10.6 Å². The molecule has 0 amide bonds. The summed E-state index contributed by atoms with van der Waals surface area (Å²) in [6.45, 7) is 7.34. The number of nitrogens with one attached hydrogen (secondary N) is 1. The molecule has 0 aliphatic carbocycles. The highest BCUT2D eigenvalue weighted by molar-refractivity contribution is 7.90. The van der Waals surface area contributed by atoms with Crippen LogP contribution in [-0.4, -0.2) is 9.30 Å². The summed E-state index contributed by atoms with van der Waals surface area (Å²) in [5, 5.41) is 0.469. The molecule has 0 spiro atoms. The SMILES string of the molecule is CC(N[S@@+]([O-])C(C)(C)C)c1cc(Cl)ccc1F. The molecule has 0 aromatic heterocycles. The van der Waals surface area contributed by atoms with E-state index in [2.05, 4.69) is 4.72 Å². The highest BCUT2D eigenvalue weighted by Gasteiger charge is 2.29. The molecular formula is C12H17ClFNOS. The molecule has 0 radical (unpaired) electrons. The summed E-state index contributed by atoms with van der Waals surface area (Å²) >= 11 is 4.57. The second-order valence-corrected chi connectivity index (χ2v) is 7.32. The molecule has 0 saturated carbocycles. The van der Waals surface area contributed by atoms with Crippen molar-refractivity contribution < 1.29 is 8.94 Å². The average molecular weight is 278 g/mol. The quantitative estimate of drug-likeness (QED) is 0.857. The first-order valence-electron chi connectivity index (χ1n) is 5.35. The summed E-state index contributed by atoms with van der Waals surface area (Å²) in [6, 6.07) is 4.01. The Hall–Kier alpha value is -0.290. The van der Waals surface area contributed by atoms with E-state index in [0.717, 1.165) is 0 Å². The minimum atomic E-state index is -1.24. The second-order valence-electron chi connectivity index (χ2n) is 4.89. The Morgan fingerprint density at radius 3 is 2.53 bits per heavy atom. The summed E-state index contributed by atoms with van der Waals surface area (Å²) in [5.74, 6) is -0.347. The molecular weight excluding hydrogens is 261 g/mol. The van der Waals surface area contributed by atoms with Gasteiger partial charge in [0.05, 0.1) is 6.04 Å². The van der Waals surface area contributed by atoms with Crippen LogP contribution in [-0.2, 0) is 11.4 Å². The van der Waals surface area contributed by atoms with Gasteiger partial charge in [-0.25, -0.2) is 4.39 Å². The van der Waals surface area contributed by atoms with Gasteiger partial charge in [0.15, 0.2) is 0 Å². The molecule has 17 heavy (non-hydrogen) atoms. The molecule has 1 unspecified atom stereocenters. The van der Waals surface area contributed by atoms with Crippen molar-refractivity contribution in [2.75, 3.05) is 0 Å². The van der Waals surface area contributed by atoms with E-state index in [4.69, 9.17) is 11.6 Å². The Morgan fingerprint density at radius 1 is 1.41 bits per heavy atom. The topological polar surface area (TPSA) is 35.1 Å². The Morgan fingerprint density at radius 2 is 2.00 bits per heavy atom. The van der Waals surface area contributed by atoms with Gasteiger partial charge in [-0.3, -0.25) is 0 Å². The number of hydrogen-bond donors (Lipinski definition) is 1. The van der Waals surface area contributed by atoms with Gasteiger partial charge in [0, 0.05) is 21.9 Å². The third-order valence-electron chi connectivity index (χ3n) is 2.26. The molecule has 0 aliphatic heterocycles. The molecule has 0 heterocycles. The maximum atomic E-state index is 13.6. The zero-order valence-electron chi connectivity index (χ0n) is 10.4. The van der Waals surface area contributed by atoms with Crippen LogP contribution in [0, 0.1) is 5.82 Å². The van der Waals surface area contributed by atoms with Gasteiger partial charge in [0.2, 0.25) is 0 Å². The molecule has 0 bridgehead atoms. The van der Waals surface area contributed by atoms with Crippen LogP contribution >= 0.6 is 11.6 Å². The normalized spacial score (nSPS) is 15.7. The first-order chi connectivity index (χ1) is 7.71. The lowest BCUT2D eigenvalue weighted by atomic mass is 10.1. The van der Waals surface area contributed by atoms with Gasteiger partial charge in [-0.15, -0.1) is 4.72 Å². The smallest absolute Gasteiger partial charge is 0.136 e. The van der Waals surface area contributed by atoms with Gasteiger partial charge >= 0.3 is 0 Å². The highest BCUT2D eigenvalue weighted by atomic mass is 35.5. The monoisotopic (exact) mass is 277 g/mol. The number of halogens is 2.